The molecule has 0 saturated carbocycles. The molecule has 2 heteroatoms. The van der Waals surface area contributed by atoms with Gasteiger partial charge in [-0.1, -0.05) is 25.5 Å². The molecule has 0 radical (unpaired) electrons. The molecule has 0 aliphatic carbocycles. The molecule has 0 saturated heterocycles. The second-order valence-corrected chi connectivity index (χ2v) is 3.86. The van der Waals surface area contributed by atoms with Gasteiger partial charge in [-0.25, -0.2) is 0 Å². The third kappa shape index (κ3) is 3.92. The molecule has 0 bridgehead atoms. The summed E-state index contributed by atoms with van der Waals surface area (Å²) in [7, 11) is 0. The average Bonchev–Trinajstić information content (AvgIpc) is 2.21. The molecule has 76 valence electrons. The standard InChI is InChI=1S/C11H22N2/c1-2-11(10-12)6-9-13-7-4-3-5-8-13/h3-4,11H,2,5-10,12H2,1H3. The minimum atomic E-state index is 0.728. The van der Waals surface area contributed by atoms with Crippen molar-refractivity contribution in [1.29, 1.82) is 0 Å². The van der Waals surface area contributed by atoms with Crippen LogP contribution in [0.4, 0.5) is 0 Å². The summed E-state index contributed by atoms with van der Waals surface area (Å²) >= 11 is 0. The van der Waals surface area contributed by atoms with Crippen molar-refractivity contribution in [1.82, 2.24) is 4.90 Å². The maximum absolute atomic E-state index is 5.67. The largest absolute Gasteiger partial charge is 0.330 e. The molecule has 0 aromatic rings. The first-order valence-corrected chi connectivity index (χ1v) is 5.44. The summed E-state index contributed by atoms with van der Waals surface area (Å²) in [5.74, 6) is 0.728. The number of hydrogen-bond donors (Lipinski definition) is 1. The van der Waals surface area contributed by atoms with E-state index >= 15 is 0 Å². The lowest BCUT2D eigenvalue weighted by atomic mass is 10.0. The Bertz CT molecular complexity index is 150. The fourth-order valence-electron chi connectivity index (χ4n) is 1.75. The zero-order valence-corrected chi connectivity index (χ0v) is 8.71. The number of nitrogens with zero attached hydrogens (tertiary/aromatic N) is 1. The molecule has 1 unspecified atom stereocenters. The molecule has 0 aromatic heterocycles. The van der Waals surface area contributed by atoms with Gasteiger partial charge >= 0.3 is 0 Å². The van der Waals surface area contributed by atoms with E-state index in [0.29, 0.717) is 0 Å². The van der Waals surface area contributed by atoms with Gasteiger partial charge in [0, 0.05) is 13.1 Å². The Labute approximate surface area is 81.8 Å². The minimum absolute atomic E-state index is 0.728. The molecular weight excluding hydrogens is 160 g/mol. The molecule has 0 amide bonds. The fourth-order valence-corrected chi connectivity index (χ4v) is 1.75. The zero-order chi connectivity index (χ0) is 9.52. The smallest absolute Gasteiger partial charge is 0.0163 e. The van der Waals surface area contributed by atoms with Crippen molar-refractivity contribution in [3.8, 4) is 0 Å². The Morgan fingerprint density at radius 2 is 2.31 bits per heavy atom. The number of rotatable bonds is 5. The maximum atomic E-state index is 5.67. The molecule has 1 aliphatic rings. The van der Waals surface area contributed by atoms with Gasteiger partial charge in [0.2, 0.25) is 0 Å². The Balaban J connectivity index is 2.13. The van der Waals surface area contributed by atoms with Crippen LogP contribution in [0.3, 0.4) is 0 Å². The van der Waals surface area contributed by atoms with E-state index < -0.39 is 0 Å². The lowest BCUT2D eigenvalue weighted by molar-refractivity contribution is 0.270. The molecule has 0 fully saturated rings. The van der Waals surface area contributed by atoms with Gasteiger partial charge in [-0.3, -0.25) is 4.90 Å². The summed E-state index contributed by atoms with van der Waals surface area (Å²) in [6, 6.07) is 0. The zero-order valence-electron chi connectivity index (χ0n) is 8.71. The van der Waals surface area contributed by atoms with Gasteiger partial charge in [0.15, 0.2) is 0 Å². The van der Waals surface area contributed by atoms with Gasteiger partial charge in [-0.05, 0) is 31.8 Å². The Hall–Kier alpha value is -0.340. The second kappa shape index (κ2) is 6.17. The predicted octanol–water partition coefficient (Wildman–Crippen LogP) is 1.62. The van der Waals surface area contributed by atoms with Crippen molar-refractivity contribution in [3.63, 3.8) is 0 Å². The van der Waals surface area contributed by atoms with Gasteiger partial charge in [-0.2, -0.15) is 0 Å². The van der Waals surface area contributed by atoms with E-state index in [-0.39, 0.29) is 0 Å². The van der Waals surface area contributed by atoms with Gasteiger partial charge in [0.25, 0.3) is 0 Å². The topological polar surface area (TPSA) is 29.3 Å². The first kappa shape index (κ1) is 10.7. The van der Waals surface area contributed by atoms with Crippen molar-refractivity contribution < 1.29 is 0 Å². The van der Waals surface area contributed by atoms with Crippen LogP contribution in [0.2, 0.25) is 0 Å². The maximum Gasteiger partial charge on any atom is 0.0163 e. The van der Waals surface area contributed by atoms with Gasteiger partial charge in [-0.15, -0.1) is 0 Å². The lowest BCUT2D eigenvalue weighted by Crippen LogP contribution is -2.30. The van der Waals surface area contributed by atoms with E-state index in [1.165, 1.54) is 32.4 Å². The molecule has 1 heterocycles. The normalized spacial score (nSPS) is 20.5. The predicted molar refractivity (Wildman–Crippen MR) is 57.6 cm³/mol. The van der Waals surface area contributed by atoms with E-state index in [2.05, 4.69) is 24.0 Å². The molecular formula is C11H22N2. The quantitative estimate of drug-likeness (QED) is 0.655. The van der Waals surface area contributed by atoms with Crippen LogP contribution in [0, 0.1) is 5.92 Å². The molecule has 0 spiro atoms. The summed E-state index contributed by atoms with van der Waals surface area (Å²) in [5, 5.41) is 0. The molecule has 0 aromatic carbocycles. The van der Waals surface area contributed by atoms with Crippen LogP contribution >= 0.6 is 0 Å². The highest BCUT2D eigenvalue weighted by atomic mass is 15.1. The Morgan fingerprint density at radius 3 is 2.85 bits per heavy atom. The van der Waals surface area contributed by atoms with Gasteiger partial charge < -0.3 is 5.73 Å². The molecule has 2 N–H and O–H groups in total. The molecule has 2 nitrogen and oxygen atoms in total. The minimum Gasteiger partial charge on any atom is -0.330 e. The Kier molecular flexibility index (Phi) is 5.09. The molecule has 13 heavy (non-hydrogen) atoms. The van der Waals surface area contributed by atoms with E-state index in [0.717, 1.165) is 19.0 Å². The summed E-state index contributed by atoms with van der Waals surface area (Å²) < 4.78 is 0. The van der Waals surface area contributed by atoms with Crippen LogP contribution in [0.1, 0.15) is 26.2 Å². The van der Waals surface area contributed by atoms with Crippen LogP contribution in [0.5, 0.6) is 0 Å². The highest BCUT2D eigenvalue weighted by molar-refractivity contribution is 4.90. The SMILES string of the molecule is CCC(CN)CCN1CC=CCC1. The first-order valence-electron chi connectivity index (χ1n) is 5.44. The summed E-state index contributed by atoms with van der Waals surface area (Å²) in [4.78, 5) is 2.51. The first-order chi connectivity index (χ1) is 6.36. The lowest BCUT2D eigenvalue weighted by Gasteiger charge is -2.24. The van der Waals surface area contributed by atoms with E-state index in [1.807, 2.05) is 0 Å². The van der Waals surface area contributed by atoms with E-state index in [9.17, 15) is 0 Å². The molecule has 1 atom stereocenters. The van der Waals surface area contributed by atoms with Gasteiger partial charge in [0.1, 0.15) is 0 Å². The highest BCUT2D eigenvalue weighted by Crippen LogP contribution is 2.09. The summed E-state index contributed by atoms with van der Waals surface area (Å²) in [6.07, 6.45) is 8.25. The fraction of sp³-hybridized carbons (Fsp3) is 0.818. The van der Waals surface area contributed by atoms with Crippen LogP contribution in [-0.4, -0.2) is 31.1 Å². The molecule has 1 rings (SSSR count). The van der Waals surface area contributed by atoms with Crippen LogP contribution in [0.15, 0.2) is 12.2 Å². The van der Waals surface area contributed by atoms with E-state index in [4.69, 9.17) is 5.73 Å². The van der Waals surface area contributed by atoms with Crippen LogP contribution < -0.4 is 5.73 Å². The summed E-state index contributed by atoms with van der Waals surface area (Å²) in [5.41, 5.74) is 5.67. The van der Waals surface area contributed by atoms with Crippen molar-refractivity contribution in [2.45, 2.75) is 26.2 Å². The third-order valence-corrected chi connectivity index (χ3v) is 2.91. The van der Waals surface area contributed by atoms with Crippen LogP contribution in [-0.2, 0) is 0 Å². The number of nitrogens with two attached hydrogens (primary N) is 1. The molecule has 1 aliphatic heterocycles. The van der Waals surface area contributed by atoms with Crippen molar-refractivity contribution in [3.05, 3.63) is 12.2 Å². The second-order valence-electron chi connectivity index (χ2n) is 3.86. The highest BCUT2D eigenvalue weighted by Gasteiger charge is 2.09. The monoisotopic (exact) mass is 182 g/mol. The van der Waals surface area contributed by atoms with Crippen molar-refractivity contribution >= 4 is 0 Å². The van der Waals surface area contributed by atoms with Gasteiger partial charge in [0.05, 0.1) is 0 Å². The van der Waals surface area contributed by atoms with E-state index in [1.54, 1.807) is 0 Å². The Morgan fingerprint density at radius 1 is 1.46 bits per heavy atom. The number of hydrogen-bond acceptors (Lipinski definition) is 2. The van der Waals surface area contributed by atoms with Crippen LogP contribution in [0.25, 0.3) is 0 Å². The third-order valence-electron chi connectivity index (χ3n) is 2.91. The summed E-state index contributed by atoms with van der Waals surface area (Å²) in [6.45, 7) is 6.67. The average molecular weight is 182 g/mol. The van der Waals surface area contributed by atoms with Crippen molar-refractivity contribution in [2.24, 2.45) is 11.7 Å². The van der Waals surface area contributed by atoms with Crippen molar-refractivity contribution in [2.75, 3.05) is 26.2 Å².